The van der Waals surface area contributed by atoms with Crippen molar-refractivity contribution in [1.82, 2.24) is 14.9 Å². The largest absolute Gasteiger partial charge is 0.398 e. The predicted octanol–water partition coefficient (Wildman–Crippen LogP) is 1.13. The first-order valence-corrected chi connectivity index (χ1v) is 7.40. The van der Waals surface area contributed by atoms with E-state index >= 15 is 0 Å². The van der Waals surface area contributed by atoms with Crippen molar-refractivity contribution >= 4 is 22.5 Å². The molecule has 26 heavy (non-hydrogen) atoms. The van der Waals surface area contributed by atoms with Crippen molar-refractivity contribution in [3.8, 4) is 0 Å². The molecule has 0 aliphatic heterocycles. The third kappa shape index (κ3) is 3.94. The molecule has 1 heterocycles. The lowest BCUT2D eigenvalue weighted by atomic mass is 10.1. The van der Waals surface area contributed by atoms with Gasteiger partial charge in [-0.2, -0.15) is 0 Å². The van der Waals surface area contributed by atoms with Crippen LogP contribution in [-0.4, -0.2) is 22.5 Å². The molecule has 9 heteroatoms. The quantitative estimate of drug-likeness (QED) is 0.564. The Bertz CT molecular complexity index is 1090. The second-order valence-corrected chi connectivity index (χ2v) is 5.29. The van der Waals surface area contributed by atoms with Crippen LogP contribution in [0.15, 0.2) is 46.0 Å². The van der Waals surface area contributed by atoms with Crippen molar-refractivity contribution < 1.29 is 13.6 Å². The predicted molar refractivity (Wildman–Crippen MR) is 94.0 cm³/mol. The Morgan fingerprint density at radius 3 is 2.35 bits per heavy atom. The van der Waals surface area contributed by atoms with Crippen molar-refractivity contribution in [1.29, 1.82) is 0 Å². The molecule has 136 valence electrons. The fraction of sp³-hybridized carbons (Fsp3) is 0.118. The molecule has 0 saturated carbocycles. The van der Waals surface area contributed by atoms with Crippen molar-refractivity contribution in [2.75, 3.05) is 12.8 Å². The fourth-order valence-corrected chi connectivity index (χ4v) is 2.15. The summed E-state index contributed by atoms with van der Waals surface area (Å²) in [6.45, 7) is 0. The van der Waals surface area contributed by atoms with Gasteiger partial charge in [-0.25, -0.2) is 13.6 Å². The number of halogens is 2. The molecule has 0 spiro atoms. The zero-order valence-electron chi connectivity index (χ0n) is 14.0. The van der Waals surface area contributed by atoms with Crippen LogP contribution in [0.5, 0.6) is 0 Å². The number of nitrogens with one attached hydrogen (secondary N) is 2. The van der Waals surface area contributed by atoms with Gasteiger partial charge in [0.2, 0.25) is 0 Å². The van der Waals surface area contributed by atoms with E-state index in [0.29, 0.717) is 10.9 Å². The topological polar surface area (TPSA) is 110 Å². The first-order valence-electron chi connectivity index (χ1n) is 7.40. The summed E-state index contributed by atoms with van der Waals surface area (Å²) in [6, 6.07) is 7.32. The molecular weight excluding hydrogens is 346 g/mol. The van der Waals surface area contributed by atoms with E-state index in [1.165, 1.54) is 38.4 Å². The van der Waals surface area contributed by atoms with Crippen molar-refractivity contribution in [2.45, 2.75) is 0 Å². The number of rotatable bonds is 1. The van der Waals surface area contributed by atoms with Crippen LogP contribution < -0.4 is 22.3 Å². The molecule has 1 amide bonds. The summed E-state index contributed by atoms with van der Waals surface area (Å²) in [5, 5.41) is 2.70. The number of nitrogen functional groups attached to an aromatic ring is 1. The van der Waals surface area contributed by atoms with Gasteiger partial charge in [-0.1, -0.05) is 0 Å². The monoisotopic (exact) mass is 362 g/mol. The standard InChI is InChI=1S/C9H7FN2O2.C8H9FN2O/c1-12-8(13)6-3-2-5(10)4-7(6)11-9(12)14;1-11-8(12)6-3-2-5(9)4-7(6)10/h2-4H,1H3,(H,11,14);2-4H,10H2,1H3,(H,11,12). The zero-order chi connectivity index (χ0) is 19.4. The van der Waals surface area contributed by atoms with Crippen molar-refractivity contribution in [3.05, 3.63) is 74.4 Å². The average molecular weight is 362 g/mol. The molecule has 3 rings (SSSR count). The van der Waals surface area contributed by atoms with Crippen LogP contribution in [-0.2, 0) is 7.05 Å². The lowest BCUT2D eigenvalue weighted by molar-refractivity contribution is 0.0964. The first-order chi connectivity index (χ1) is 12.2. The van der Waals surface area contributed by atoms with Crippen LogP contribution in [0.2, 0.25) is 0 Å². The van der Waals surface area contributed by atoms with Gasteiger partial charge in [0.05, 0.1) is 16.5 Å². The highest BCUT2D eigenvalue weighted by Gasteiger charge is 2.07. The maximum absolute atomic E-state index is 12.8. The number of anilines is 1. The molecule has 0 aliphatic carbocycles. The van der Waals surface area contributed by atoms with Gasteiger partial charge in [-0.15, -0.1) is 0 Å². The highest BCUT2D eigenvalue weighted by Crippen LogP contribution is 2.12. The van der Waals surface area contributed by atoms with Gasteiger partial charge in [0, 0.05) is 19.8 Å². The number of benzene rings is 2. The summed E-state index contributed by atoms with van der Waals surface area (Å²) in [5.74, 6) is -1.24. The van der Waals surface area contributed by atoms with E-state index in [1.807, 2.05) is 0 Å². The second-order valence-electron chi connectivity index (χ2n) is 5.29. The molecule has 3 aromatic rings. The number of hydrogen-bond acceptors (Lipinski definition) is 4. The highest BCUT2D eigenvalue weighted by molar-refractivity contribution is 5.98. The first kappa shape index (κ1) is 18.8. The Balaban J connectivity index is 0.000000190. The number of carbonyl (C=O) groups excluding carboxylic acids is 1. The number of aromatic amines is 1. The molecule has 1 aromatic heterocycles. The number of nitrogens with two attached hydrogens (primary N) is 1. The van der Waals surface area contributed by atoms with Gasteiger partial charge in [-0.3, -0.25) is 14.2 Å². The number of carbonyl (C=O) groups is 1. The summed E-state index contributed by atoms with van der Waals surface area (Å²) in [5.41, 5.74) is 5.08. The van der Waals surface area contributed by atoms with E-state index < -0.39 is 22.9 Å². The van der Waals surface area contributed by atoms with Gasteiger partial charge < -0.3 is 16.0 Å². The van der Waals surface area contributed by atoms with Gasteiger partial charge in [0.1, 0.15) is 11.6 Å². The highest BCUT2D eigenvalue weighted by atomic mass is 19.1. The molecule has 2 aromatic carbocycles. The summed E-state index contributed by atoms with van der Waals surface area (Å²) in [7, 11) is 2.86. The molecule has 4 N–H and O–H groups in total. The molecule has 0 bridgehead atoms. The number of hydrogen-bond donors (Lipinski definition) is 3. The van der Waals surface area contributed by atoms with Crippen LogP contribution in [0.4, 0.5) is 14.5 Å². The van der Waals surface area contributed by atoms with Crippen LogP contribution >= 0.6 is 0 Å². The Morgan fingerprint density at radius 1 is 1.12 bits per heavy atom. The molecular formula is C17H16F2N4O3. The maximum atomic E-state index is 12.8. The molecule has 7 nitrogen and oxygen atoms in total. The molecule has 0 aliphatic rings. The summed E-state index contributed by atoms with van der Waals surface area (Å²) >= 11 is 0. The lowest BCUT2D eigenvalue weighted by Crippen LogP contribution is -2.32. The van der Waals surface area contributed by atoms with E-state index in [0.717, 1.165) is 16.7 Å². The third-order valence-electron chi connectivity index (χ3n) is 3.55. The van der Waals surface area contributed by atoms with E-state index in [9.17, 15) is 23.2 Å². The number of fused-ring (bicyclic) bond motifs is 1. The van der Waals surface area contributed by atoms with Crippen LogP contribution in [0.3, 0.4) is 0 Å². The normalized spacial score (nSPS) is 10.2. The summed E-state index contributed by atoms with van der Waals surface area (Å²) in [6.07, 6.45) is 0. The zero-order valence-corrected chi connectivity index (χ0v) is 14.0. The van der Waals surface area contributed by atoms with E-state index in [1.54, 1.807) is 0 Å². The Hall–Kier alpha value is -3.49. The smallest absolute Gasteiger partial charge is 0.328 e. The van der Waals surface area contributed by atoms with Crippen LogP contribution in [0, 0.1) is 11.6 Å². The third-order valence-corrected chi connectivity index (χ3v) is 3.55. The average Bonchev–Trinajstić information content (AvgIpc) is 2.59. The number of H-pyrrole nitrogens is 1. The Labute approximate surface area is 146 Å². The molecule has 0 fully saturated rings. The van der Waals surface area contributed by atoms with Crippen molar-refractivity contribution in [3.63, 3.8) is 0 Å². The minimum atomic E-state index is -0.548. The van der Waals surface area contributed by atoms with Crippen molar-refractivity contribution in [2.24, 2.45) is 7.05 Å². The maximum Gasteiger partial charge on any atom is 0.328 e. The number of nitrogens with zero attached hydrogens (tertiary/aromatic N) is 1. The SMILES string of the molecule is CNC(=O)c1ccc(F)cc1N.Cn1c(=O)[nH]c2cc(F)ccc2c1=O. The molecule has 0 unspecified atom stereocenters. The minimum Gasteiger partial charge on any atom is -0.398 e. The fourth-order valence-electron chi connectivity index (χ4n) is 2.15. The van der Waals surface area contributed by atoms with E-state index in [4.69, 9.17) is 5.73 Å². The minimum absolute atomic E-state index is 0.148. The Kier molecular flexibility index (Phi) is 5.51. The summed E-state index contributed by atoms with van der Waals surface area (Å²) in [4.78, 5) is 36.1. The summed E-state index contributed by atoms with van der Waals surface area (Å²) < 4.78 is 26.2. The number of aromatic nitrogens is 2. The molecule has 0 radical (unpaired) electrons. The lowest BCUT2D eigenvalue weighted by Gasteiger charge is -2.02. The Morgan fingerprint density at radius 2 is 1.73 bits per heavy atom. The van der Waals surface area contributed by atoms with Gasteiger partial charge in [-0.05, 0) is 36.4 Å². The van der Waals surface area contributed by atoms with Crippen LogP contribution in [0.25, 0.3) is 10.9 Å². The number of amides is 1. The van der Waals surface area contributed by atoms with E-state index in [-0.39, 0.29) is 17.1 Å². The van der Waals surface area contributed by atoms with Gasteiger partial charge in [0.25, 0.3) is 11.5 Å². The van der Waals surface area contributed by atoms with E-state index in [2.05, 4.69) is 10.3 Å². The van der Waals surface area contributed by atoms with Gasteiger partial charge in [0.15, 0.2) is 0 Å². The van der Waals surface area contributed by atoms with Gasteiger partial charge >= 0.3 is 5.69 Å². The van der Waals surface area contributed by atoms with Crippen LogP contribution in [0.1, 0.15) is 10.4 Å². The second kappa shape index (κ2) is 7.60. The molecule has 0 atom stereocenters. The molecule has 0 saturated heterocycles.